The minimum Gasteiger partial charge on any atom is -0.378 e. The molecule has 0 aliphatic heterocycles. The molecule has 2 aromatic rings. The largest absolute Gasteiger partial charge is 0.378 e. The average molecular weight is 262 g/mol. The molecule has 0 amide bonds. The molecule has 1 aromatic heterocycles. The summed E-state index contributed by atoms with van der Waals surface area (Å²) in [5.41, 5.74) is 6.19. The number of hydrogen-bond donors (Lipinski definition) is 2. The van der Waals surface area contributed by atoms with Crippen LogP contribution in [0.4, 0.5) is 27.4 Å². The van der Waals surface area contributed by atoms with Gasteiger partial charge in [-0.1, -0.05) is 6.07 Å². The number of nitrogens with two attached hydrogens (primary N) is 1. The lowest BCUT2D eigenvalue weighted by atomic mass is 10.2. The molecule has 2 rings (SSSR count). The molecule has 0 aliphatic rings. The second kappa shape index (κ2) is 4.89. The summed E-state index contributed by atoms with van der Waals surface area (Å²) in [6.45, 7) is 1.77. The van der Waals surface area contributed by atoms with E-state index in [2.05, 4.69) is 10.3 Å². The Kier molecular flexibility index (Phi) is 3.28. The summed E-state index contributed by atoms with van der Waals surface area (Å²) in [4.78, 5) is 13.8. The van der Waals surface area contributed by atoms with Gasteiger partial charge in [0.1, 0.15) is 11.6 Å². The summed E-state index contributed by atoms with van der Waals surface area (Å²) in [5, 5.41) is 13.3. The maximum Gasteiger partial charge on any atom is 0.311 e. The number of nitrogens with zero attached hydrogens (tertiary/aromatic N) is 2. The molecule has 0 aliphatic carbocycles. The van der Waals surface area contributed by atoms with Crippen molar-refractivity contribution in [1.82, 2.24) is 4.98 Å². The molecule has 0 saturated carbocycles. The molecule has 98 valence electrons. The third kappa shape index (κ3) is 2.76. The van der Waals surface area contributed by atoms with Crippen molar-refractivity contribution >= 4 is 23.0 Å². The lowest BCUT2D eigenvalue weighted by Crippen LogP contribution is -2.02. The number of hydrogen-bond acceptors (Lipinski definition) is 5. The predicted octanol–water partition coefficient (Wildman–Crippen LogP) is 2.76. The molecule has 0 bridgehead atoms. The van der Waals surface area contributed by atoms with E-state index in [9.17, 15) is 14.5 Å². The number of benzene rings is 1. The lowest BCUT2D eigenvalue weighted by molar-refractivity contribution is -0.384. The van der Waals surface area contributed by atoms with Crippen molar-refractivity contribution < 1.29 is 9.31 Å². The maximum absolute atomic E-state index is 13.6. The van der Waals surface area contributed by atoms with Crippen molar-refractivity contribution in [2.24, 2.45) is 0 Å². The molecule has 19 heavy (non-hydrogen) atoms. The monoisotopic (exact) mass is 262 g/mol. The number of aromatic nitrogens is 1. The zero-order valence-corrected chi connectivity index (χ0v) is 10.1. The highest BCUT2D eigenvalue weighted by Crippen LogP contribution is 2.24. The van der Waals surface area contributed by atoms with E-state index >= 15 is 0 Å². The molecule has 1 aromatic carbocycles. The fraction of sp³-hybridized carbons (Fsp3) is 0.0833. The molecule has 0 saturated heterocycles. The number of nitro groups is 1. The number of aryl methyl sites for hydroxylation is 1. The van der Waals surface area contributed by atoms with Crippen LogP contribution in [-0.4, -0.2) is 9.91 Å². The van der Waals surface area contributed by atoms with E-state index < -0.39 is 10.7 Å². The number of pyridine rings is 1. The van der Waals surface area contributed by atoms with Crippen LogP contribution in [0.5, 0.6) is 0 Å². The fourth-order valence-electron chi connectivity index (χ4n) is 1.55. The Morgan fingerprint density at radius 1 is 1.37 bits per heavy atom. The summed E-state index contributed by atoms with van der Waals surface area (Å²) >= 11 is 0. The number of anilines is 3. The quantitative estimate of drug-likeness (QED) is 0.655. The topological polar surface area (TPSA) is 94.1 Å². The molecule has 0 spiro atoms. The number of halogens is 1. The summed E-state index contributed by atoms with van der Waals surface area (Å²) < 4.78 is 13.6. The Morgan fingerprint density at radius 3 is 2.68 bits per heavy atom. The van der Waals surface area contributed by atoms with Gasteiger partial charge in [0.2, 0.25) is 5.82 Å². The van der Waals surface area contributed by atoms with Crippen LogP contribution in [0.15, 0.2) is 30.3 Å². The molecule has 0 radical (unpaired) electrons. The Bertz CT molecular complexity index is 646. The highest BCUT2D eigenvalue weighted by Gasteiger charge is 2.13. The van der Waals surface area contributed by atoms with Crippen molar-refractivity contribution in [3.8, 4) is 0 Å². The SMILES string of the molecule is Cc1ccc(Nc2ccc([N+](=O)[O-])c(N)n2)c(F)c1. The molecular weight excluding hydrogens is 251 g/mol. The van der Waals surface area contributed by atoms with Crippen molar-refractivity contribution in [1.29, 1.82) is 0 Å². The van der Waals surface area contributed by atoms with E-state index in [-0.39, 0.29) is 23.0 Å². The van der Waals surface area contributed by atoms with Crippen molar-refractivity contribution in [3.63, 3.8) is 0 Å². The molecule has 1 heterocycles. The zero-order chi connectivity index (χ0) is 14.0. The fourth-order valence-corrected chi connectivity index (χ4v) is 1.55. The van der Waals surface area contributed by atoms with E-state index in [1.54, 1.807) is 19.1 Å². The van der Waals surface area contributed by atoms with Crippen LogP contribution < -0.4 is 11.1 Å². The van der Waals surface area contributed by atoms with Gasteiger partial charge in [-0.25, -0.2) is 9.37 Å². The van der Waals surface area contributed by atoms with E-state index in [1.807, 2.05) is 0 Å². The highest BCUT2D eigenvalue weighted by atomic mass is 19.1. The predicted molar refractivity (Wildman–Crippen MR) is 69.7 cm³/mol. The second-order valence-electron chi connectivity index (χ2n) is 3.97. The van der Waals surface area contributed by atoms with Crippen LogP contribution in [0.25, 0.3) is 0 Å². The summed E-state index contributed by atoms with van der Waals surface area (Å²) in [6.07, 6.45) is 0. The first-order chi connectivity index (χ1) is 8.97. The highest BCUT2D eigenvalue weighted by molar-refractivity contribution is 5.63. The number of nitrogens with one attached hydrogen (secondary N) is 1. The van der Waals surface area contributed by atoms with Crippen LogP contribution in [-0.2, 0) is 0 Å². The first-order valence-corrected chi connectivity index (χ1v) is 5.41. The van der Waals surface area contributed by atoms with Crippen molar-refractivity contribution in [2.45, 2.75) is 6.92 Å². The van der Waals surface area contributed by atoms with Gasteiger partial charge in [0, 0.05) is 6.07 Å². The van der Waals surface area contributed by atoms with E-state index in [0.29, 0.717) is 0 Å². The Morgan fingerprint density at radius 2 is 2.11 bits per heavy atom. The Labute approximate surface area is 108 Å². The van der Waals surface area contributed by atoms with Gasteiger partial charge in [-0.2, -0.15) is 0 Å². The van der Waals surface area contributed by atoms with Crippen LogP contribution in [0.1, 0.15) is 5.56 Å². The smallest absolute Gasteiger partial charge is 0.311 e. The molecule has 0 fully saturated rings. The Balaban J connectivity index is 2.29. The number of nitrogen functional groups attached to an aromatic ring is 1. The van der Waals surface area contributed by atoms with Crippen molar-refractivity contribution in [2.75, 3.05) is 11.1 Å². The normalized spacial score (nSPS) is 10.2. The number of rotatable bonds is 3. The van der Waals surface area contributed by atoms with Crippen molar-refractivity contribution in [3.05, 3.63) is 51.8 Å². The van der Waals surface area contributed by atoms with E-state index in [4.69, 9.17) is 5.73 Å². The first-order valence-electron chi connectivity index (χ1n) is 5.41. The van der Waals surface area contributed by atoms with Crippen LogP contribution in [0, 0.1) is 22.9 Å². The summed E-state index contributed by atoms with van der Waals surface area (Å²) in [6, 6.07) is 7.26. The van der Waals surface area contributed by atoms with Gasteiger partial charge in [0.05, 0.1) is 10.6 Å². The van der Waals surface area contributed by atoms with Gasteiger partial charge in [-0.3, -0.25) is 10.1 Å². The van der Waals surface area contributed by atoms with Crippen LogP contribution >= 0.6 is 0 Å². The standard InChI is InChI=1S/C12H11FN4O2/c1-7-2-3-9(8(13)6-7)15-11-5-4-10(17(18)19)12(14)16-11/h2-6H,1H3,(H3,14,15,16). The summed E-state index contributed by atoms with van der Waals surface area (Å²) in [7, 11) is 0. The molecule has 3 N–H and O–H groups in total. The third-order valence-electron chi connectivity index (χ3n) is 2.49. The molecular formula is C12H11FN4O2. The molecule has 6 nitrogen and oxygen atoms in total. The van der Waals surface area contributed by atoms with Gasteiger partial charge >= 0.3 is 5.69 Å². The second-order valence-corrected chi connectivity index (χ2v) is 3.97. The third-order valence-corrected chi connectivity index (χ3v) is 2.49. The molecule has 0 unspecified atom stereocenters. The Hall–Kier alpha value is -2.70. The summed E-state index contributed by atoms with van der Waals surface area (Å²) in [5.74, 6) is -0.410. The van der Waals surface area contributed by atoms with E-state index in [0.717, 1.165) is 5.56 Å². The van der Waals surface area contributed by atoms with Gasteiger partial charge in [-0.15, -0.1) is 0 Å². The lowest BCUT2D eigenvalue weighted by Gasteiger charge is -2.07. The zero-order valence-electron chi connectivity index (χ0n) is 10.1. The minimum absolute atomic E-state index is 0.220. The maximum atomic E-state index is 13.6. The first kappa shape index (κ1) is 12.7. The van der Waals surface area contributed by atoms with Crippen LogP contribution in [0.2, 0.25) is 0 Å². The van der Waals surface area contributed by atoms with Gasteiger partial charge in [0.25, 0.3) is 0 Å². The van der Waals surface area contributed by atoms with Gasteiger partial charge in [0.15, 0.2) is 0 Å². The van der Waals surface area contributed by atoms with E-state index in [1.165, 1.54) is 18.2 Å². The van der Waals surface area contributed by atoms with Crippen LogP contribution in [0.3, 0.4) is 0 Å². The average Bonchev–Trinajstić information content (AvgIpc) is 2.32. The van der Waals surface area contributed by atoms with Gasteiger partial charge < -0.3 is 11.1 Å². The molecule has 0 atom stereocenters. The minimum atomic E-state index is -0.626. The van der Waals surface area contributed by atoms with Gasteiger partial charge in [-0.05, 0) is 30.7 Å². The molecule has 7 heteroatoms.